The molecule has 0 spiro atoms. The van der Waals surface area contributed by atoms with Crippen LogP contribution in [-0.4, -0.2) is 34.3 Å². The lowest BCUT2D eigenvalue weighted by molar-refractivity contribution is 0.0439. The molecule has 5 nitrogen and oxygen atoms in total. The van der Waals surface area contributed by atoms with Gasteiger partial charge in [0.15, 0.2) is 0 Å². The molecule has 0 aliphatic heterocycles. The molecule has 0 bridgehead atoms. The maximum absolute atomic E-state index is 12.0. The van der Waals surface area contributed by atoms with E-state index >= 15 is 0 Å². The highest BCUT2D eigenvalue weighted by Gasteiger charge is 2.28. The minimum absolute atomic E-state index is 0.0184. The Morgan fingerprint density at radius 2 is 2.15 bits per heavy atom. The summed E-state index contributed by atoms with van der Waals surface area (Å²) in [5.74, 6) is 0.990. The van der Waals surface area contributed by atoms with Crippen LogP contribution in [0.1, 0.15) is 45.5 Å². The van der Waals surface area contributed by atoms with E-state index in [2.05, 4.69) is 9.97 Å². The maximum atomic E-state index is 12.0. The molecule has 0 unspecified atom stereocenters. The number of thiophene rings is 1. The van der Waals surface area contributed by atoms with E-state index in [1.807, 2.05) is 13.8 Å². The van der Waals surface area contributed by atoms with Crippen LogP contribution in [0.4, 0.5) is 0 Å². The third-order valence-electron chi connectivity index (χ3n) is 3.44. The number of fused-ring (bicyclic) bond motifs is 1. The van der Waals surface area contributed by atoms with Gasteiger partial charge in [-0.2, -0.15) is 0 Å². The molecule has 2 aromatic rings. The van der Waals surface area contributed by atoms with Crippen LogP contribution in [0.2, 0.25) is 0 Å². The van der Waals surface area contributed by atoms with Crippen LogP contribution in [0.25, 0.3) is 10.2 Å². The molecule has 1 fully saturated rings. The Kier molecular flexibility index (Phi) is 3.43. The second kappa shape index (κ2) is 5.10. The second-order valence-corrected chi connectivity index (χ2v) is 6.04. The molecule has 0 aromatic carbocycles. The second-order valence-electron chi connectivity index (χ2n) is 5.04. The first-order valence-corrected chi connectivity index (χ1v) is 7.49. The lowest BCUT2D eigenvalue weighted by Gasteiger charge is -2.02. The van der Waals surface area contributed by atoms with E-state index < -0.39 is 5.97 Å². The summed E-state index contributed by atoms with van der Waals surface area (Å²) in [6, 6.07) is 0. The zero-order valence-corrected chi connectivity index (χ0v) is 12.3. The number of hydrogen-bond acceptors (Lipinski definition) is 6. The monoisotopic (exact) mass is 292 g/mol. The van der Waals surface area contributed by atoms with Crippen molar-refractivity contribution in [3.8, 4) is 0 Å². The first-order chi connectivity index (χ1) is 9.61. The highest BCUT2D eigenvalue weighted by Crippen LogP contribution is 2.40. The van der Waals surface area contributed by atoms with Gasteiger partial charge < -0.3 is 9.84 Å². The molecule has 0 saturated heterocycles. The third-order valence-corrected chi connectivity index (χ3v) is 4.61. The van der Waals surface area contributed by atoms with Crippen molar-refractivity contribution in [1.82, 2.24) is 9.97 Å². The number of nitrogens with zero attached hydrogens (tertiary/aromatic N) is 2. The SMILES string of the molecule is Cc1nc(C2CC2)nc2sc(C(=O)OCCO)c(C)c12. The average Bonchev–Trinajstić information content (AvgIpc) is 3.21. The zero-order valence-electron chi connectivity index (χ0n) is 11.5. The predicted octanol–water partition coefficient (Wildman–Crippen LogP) is 2.33. The number of aliphatic hydroxyl groups excluding tert-OH is 1. The van der Waals surface area contributed by atoms with E-state index in [-0.39, 0.29) is 13.2 Å². The molecule has 1 aliphatic rings. The predicted molar refractivity (Wildman–Crippen MR) is 76.2 cm³/mol. The summed E-state index contributed by atoms with van der Waals surface area (Å²) >= 11 is 1.35. The first-order valence-electron chi connectivity index (χ1n) is 6.67. The van der Waals surface area contributed by atoms with Crippen molar-refractivity contribution in [1.29, 1.82) is 0 Å². The fraction of sp³-hybridized carbons (Fsp3) is 0.500. The van der Waals surface area contributed by atoms with Gasteiger partial charge in [-0.05, 0) is 32.3 Å². The van der Waals surface area contributed by atoms with Gasteiger partial charge >= 0.3 is 5.97 Å². The molecule has 0 atom stereocenters. The molecule has 106 valence electrons. The number of aliphatic hydroxyl groups is 1. The zero-order chi connectivity index (χ0) is 14.3. The molecular formula is C14H16N2O3S. The number of rotatable bonds is 4. The number of carbonyl (C=O) groups is 1. The van der Waals surface area contributed by atoms with Crippen LogP contribution >= 0.6 is 11.3 Å². The van der Waals surface area contributed by atoms with E-state index in [9.17, 15) is 4.79 Å². The van der Waals surface area contributed by atoms with Crippen molar-refractivity contribution >= 4 is 27.5 Å². The minimum Gasteiger partial charge on any atom is -0.459 e. The van der Waals surface area contributed by atoms with E-state index in [0.717, 1.165) is 40.1 Å². The van der Waals surface area contributed by atoms with Crippen molar-refractivity contribution in [3.63, 3.8) is 0 Å². The smallest absolute Gasteiger partial charge is 0.348 e. The summed E-state index contributed by atoms with van der Waals surface area (Å²) < 4.78 is 4.99. The average molecular weight is 292 g/mol. The minimum atomic E-state index is -0.396. The summed E-state index contributed by atoms with van der Waals surface area (Å²) in [5.41, 5.74) is 1.79. The Hall–Kier alpha value is -1.53. The molecule has 1 N–H and O–H groups in total. The topological polar surface area (TPSA) is 72.3 Å². The van der Waals surface area contributed by atoms with Gasteiger partial charge in [-0.1, -0.05) is 0 Å². The molecule has 0 radical (unpaired) electrons. The van der Waals surface area contributed by atoms with Crippen LogP contribution in [0.15, 0.2) is 0 Å². The third kappa shape index (κ3) is 2.29. The molecule has 2 heterocycles. The molecule has 6 heteroatoms. The summed E-state index contributed by atoms with van der Waals surface area (Å²) in [6.45, 7) is 3.70. The number of ether oxygens (including phenoxy) is 1. The van der Waals surface area contributed by atoms with Crippen molar-refractivity contribution in [2.24, 2.45) is 0 Å². The van der Waals surface area contributed by atoms with Gasteiger partial charge in [-0.25, -0.2) is 14.8 Å². The Bertz CT molecular complexity index is 677. The Morgan fingerprint density at radius 3 is 2.80 bits per heavy atom. The lowest BCUT2D eigenvalue weighted by atomic mass is 10.1. The number of carbonyl (C=O) groups excluding carboxylic acids is 1. The molecule has 1 saturated carbocycles. The molecule has 20 heavy (non-hydrogen) atoms. The van der Waals surface area contributed by atoms with Crippen molar-refractivity contribution < 1.29 is 14.6 Å². The van der Waals surface area contributed by atoms with Crippen molar-refractivity contribution in [3.05, 3.63) is 22.0 Å². The number of hydrogen-bond donors (Lipinski definition) is 1. The van der Waals surface area contributed by atoms with Crippen LogP contribution in [0.3, 0.4) is 0 Å². The van der Waals surface area contributed by atoms with Gasteiger partial charge in [0.05, 0.1) is 12.3 Å². The van der Waals surface area contributed by atoms with E-state index in [1.54, 1.807) is 0 Å². The van der Waals surface area contributed by atoms with Crippen LogP contribution < -0.4 is 0 Å². The van der Waals surface area contributed by atoms with E-state index in [1.165, 1.54) is 11.3 Å². The van der Waals surface area contributed by atoms with Gasteiger partial charge in [0.2, 0.25) is 0 Å². The van der Waals surface area contributed by atoms with Crippen molar-refractivity contribution in [2.75, 3.05) is 13.2 Å². The summed E-state index contributed by atoms with van der Waals surface area (Å²) in [4.78, 5) is 22.5. The van der Waals surface area contributed by atoms with Crippen LogP contribution in [-0.2, 0) is 4.74 Å². The van der Waals surface area contributed by atoms with Gasteiger partial charge in [-0.15, -0.1) is 11.3 Å². The Morgan fingerprint density at radius 1 is 1.40 bits per heavy atom. The molecule has 1 aliphatic carbocycles. The molecule has 3 rings (SSSR count). The van der Waals surface area contributed by atoms with Gasteiger partial charge in [-0.3, -0.25) is 0 Å². The lowest BCUT2D eigenvalue weighted by Crippen LogP contribution is -2.08. The van der Waals surface area contributed by atoms with Crippen LogP contribution in [0.5, 0.6) is 0 Å². The van der Waals surface area contributed by atoms with Crippen molar-refractivity contribution in [2.45, 2.75) is 32.6 Å². The quantitative estimate of drug-likeness (QED) is 0.876. The fourth-order valence-electron chi connectivity index (χ4n) is 2.28. The Balaban J connectivity index is 2.04. The highest BCUT2D eigenvalue weighted by atomic mass is 32.1. The Labute approximate surface area is 120 Å². The van der Waals surface area contributed by atoms with E-state index in [0.29, 0.717) is 10.8 Å². The number of esters is 1. The van der Waals surface area contributed by atoms with Crippen LogP contribution in [0, 0.1) is 13.8 Å². The largest absolute Gasteiger partial charge is 0.459 e. The summed E-state index contributed by atoms with van der Waals surface area (Å²) in [7, 11) is 0. The van der Waals surface area contributed by atoms with E-state index in [4.69, 9.17) is 9.84 Å². The molecular weight excluding hydrogens is 276 g/mol. The van der Waals surface area contributed by atoms with Gasteiger partial charge in [0.1, 0.15) is 22.1 Å². The number of aromatic nitrogens is 2. The standard InChI is InChI=1S/C14H16N2O3S/c1-7-10-8(2)15-12(9-3-4-9)16-13(10)20-11(7)14(18)19-6-5-17/h9,17H,3-6H2,1-2H3. The number of aryl methyl sites for hydroxylation is 2. The molecule has 2 aromatic heterocycles. The summed E-state index contributed by atoms with van der Waals surface area (Å²) in [5, 5.41) is 9.68. The summed E-state index contributed by atoms with van der Waals surface area (Å²) in [6.07, 6.45) is 2.31. The van der Waals surface area contributed by atoms with Gasteiger partial charge in [0, 0.05) is 11.3 Å². The molecule has 0 amide bonds. The normalized spacial score (nSPS) is 14.8. The first kappa shape index (κ1) is 13.5. The fourth-order valence-corrected chi connectivity index (χ4v) is 3.42. The highest BCUT2D eigenvalue weighted by molar-refractivity contribution is 7.20. The van der Waals surface area contributed by atoms with Gasteiger partial charge in [0.25, 0.3) is 0 Å². The maximum Gasteiger partial charge on any atom is 0.348 e.